The molecule has 0 aliphatic rings. The van der Waals surface area contributed by atoms with Crippen molar-refractivity contribution in [2.75, 3.05) is 16.3 Å². The van der Waals surface area contributed by atoms with Crippen molar-refractivity contribution in [3.8, 4) is 21.8 Å². The zero-order valence-corrected chi connectivity index (χ0v) is 26.2. The Labute approximate surface area is 258 Å². The highest BCUT2D eigenvalue weighted by Gasteiger charge is 2.21. The molecular weight excluding hydrogens is 612 g/mol. The fourth-order valence-electron chi connectivity index (χ4n) is 4.30. The fourth-order valence-corrected chi connectivity index (χ4v) is 6.82. The van der Waals surface area contributed by atoms with Gasteiger partial charge in [0.05, 0.1) is 27.0 Å². The van der Waals surface area contributed by atoms with Crippen molar-refractivity contribution in [2.24, 2.45) is 0 Å². The Bertz CT molecular complexity index is 1790. The molecule has 12 heteroatoms. The molecule has 2 N–H and O–H groups in total. The SMILES string of the molecule is CSCc1ccc(Nc2nccc(-c3sc(C(C)C)nc3-c3ccc(F)c(NS(=O)c4c(F)cccc4F)c3)n2)c(C)c1. The third-order valence-corrected chi connectivity index (χ3v) is 9.59. The minimum absolute atomic E-state index is 0.106. The lowest BCUT2D eigenvalue weighted by Crippen LogP contribution is -2.10. The van der Waals surface area contributed by atoms with Gasteiger partial charge in [0.1, 0.15) is 22.3 Å². The van der Waals surface area contributed by atoms with Crippen molar-refractivity contribution in [3.05, 3.63) is 100 Å². The van der Waals surface area contributed by atoms with E-state index in [-0.39, 0.29) is 11.6 Å². The molecule has 0 aliphatic carbocycles. The Balaban J connectivity index is 1.50. The van der Waals surface area contributed by atoms with Crippen molar-refractivity contribution < 1.29 is 17.4 Å². The summed E-state index contributed by atoms with van der Waals surface area (Å²) in [7, 11) is -2.39. The minimum Gasteiger partial charge on any atom is -0.324 e. The molecule has 0 fully saturated rings. The van der Waals surface area contributed by atoms with E-state index in [9.17, 15) is 17.4 Å². The van der Waals surface area contributed by atoms with Gasteiger partial charge in [-0.15, -0.1) is 11.3 Å². The van der Waals surface area contributed by atoms with E-state index >= 15 is 0 Å². The third kappa shape index (κ3) is 6.92. The maximum atomic E-state index is 14.8. The molecule has 2 aromatic heterocycles. The first-order valence-corrected chi connectivity index (χ1v) is 16.6. The van der Waals surface area contributed by atoms with Gasteiger partial charge in [0.25, 0.3) is 0 Å². The van der Waals surface area contributed by atoms with Gasteiger partial charge in [-0.3, -0.25) is 4.72 Å². The summed E-state index contributed by atoms with van der Waals surface area (Å²) in [6, 6.07) is 15.3. The van der Waals surface area contributed by atoms with Crippen LogP contribution >= 0.6 is 23.1 Å². The molecule has 222 valence electrons. The molecule has 1 unspecified atom stereocenters. The number of halogens is 3. The summed E-state index contributed by atoms with van der Waals surface area (Å²) >= 11 is 3.22. The summed E-state index contributed by atoms with van der Waals surface area (Å²) in [5.41, 5.74) is 4.68. The van der Waals surface area contributed by atoms with Crippen LogP contribution in [0.15, 0.2) is 71.8 Å². The van der Waals surface area contributed by atoms with Gasteiger partial charge in [-0.1, -0.05) is 32.0 Å². The first-order chi connectivity index (χ1) is 20.6. The number of thiazole rings is 1. The second-order valence-electron chi connectivity index (χ2n) is 9.97. The van der Waals surface area contributed by atoms with Crippen LogP contribution in [0.25, 0.3) is 21.8 Å². The number of benzene rings is 3. The predicted octanol–water partition coefficient (Wildman–Crippen LogP) is 8.86. The molecule has 0 saturated heterocycles. The summed E-state index contributed by atoms with van der Waals surface area (Å²) < 4.78 is 58.5. The standard InChI is InChI=1S/C31H28F3N5OS3/c1-17(2)30-38-27(20-9-10-21(32)26(15-20)39-43(40)29-22(33)6-5-7-23(29)34)28(42-30)25-12-13-35-31(37-25)36-24-11-8-19(16-41-4)14-18(24)3/h5-15,17,39H,16H2,1-4H3,(H,35,36,37). The number of nitrogens with one attached hydrogen (secondary N) is 2. The monoisotopic (exact) mass is 639 g/mol. The molecule has 1 atom stereocenters. The molecule has 0 saturated carbocycles. The molecular formula is C31H28F3N5OS3. The highest BCUT2D eigenvalue weighted by Crippen LogP contribution is 2.40. The molecule has 0 amide bonds. The van der Waals surface area contributed by atoms with Gasteiger partial charge < -0.3 is 5.32 Å². The van der Waals surface area contributed by atoms with E-state index in [0.717, 1.165) is 39.0 Å². The maximum Gasteiger partial charge on any atom is 0.227 e. The van der Waals surface area contributed by atoms with Crippen LogP contribution in [0.1, 0.15) is 35.9 Å². The normalized spacial score (nSPS) is 12.0. The van der Waals surface area contributed by atoms with Crippen molar-refractivity contribution in [1.29, 1.82) is 0 Å². The Hall–Kier alpha value is -3.74. The van der Waals surface area contributed by atoms with Gasteiger partial charge >= 0.3 is 0 Å². The Kier molecular flexibility index (Phi) is 9.48. The molecule has 0 spiro atoms. The third-order valence-electron chi connectivity index (χ3n) is 6.42. The van der Waals surface area contributed by atoms with Gasteiger partial charge in [-0.05, 0) is 66.8 Å². The number of hydrogen-bond donors (Lipinski definition) is 2. The molecule has 0 radical (unpaired) electrons. The fraction of sp³-hybridized carbons (Fsp3) is 0.194. The topological polar surface area (TPSA) is 79.8 Å². The van der Waals surface area contributed by atoms with E-state index < -0.39 is 33.3 Å². The van der Waals surface area contributed by atoms with Crippen molar-refractivity contribution in [3.63, 3.8) is 0 Å². The lowest BCUT2D eigenvalue weighted by Gasteiger charge is -2.12. The summed E-state index contributed by atoms with van der Waals surface area (Å²) in [6.45, 7) is 6.07. The largest absolute Gasteiger partial charge is 0.324 e. The van der Waals surface area contributed by atoms with E-state index in [1.54, 1.807) is 30.1 Å². The number of hydrogen-bond acceptors (Lipinski definition) is 7. The van der Waals surface area contributed by atoms with E-state index in [1.165, 1.54) is 35.1 Å². The molecule has 0 aliphatic heterocycles. The zero-order valence-electron chi connectivity index (χ0n) is 23.7. The van der Waals surface area contributed by atoms with Crippen LogP contribution in [0.4, 0.5) is 30.5 Å². The van der Waals surface area contributed by atoms with E-state index in [2.05, 4.69) is 33.4 Å². The molecule has 6 nitrogen and oxygen atoms in total. The summed E-state index contributed by atoms with van der Waals surface area (Å²) in [4.78, 5) is 14.1. The van der Waals surface area contributed by atoms with Gasteiger partial charge in [-0.2, -0.15) is 11.8 Å². The van der Waals surface area contributed by atoms with E-state index in [1.807, 2.05) is 26.8 Å². The van der Waals surface area contributed by atoms with Crippen LogP contribution < -0.4 is 10.0 Å². The number of rotatable bonds is 10. The molecule has 5 rings (SSSR count). The van der Waals surface area contributed by atoms with Crippen LogP contribution in [0.3, 0.4) is 0 Å². The molecule has 5 aromatic rings. The van der Waals surface area contributed by atoms with Crippen LogP contribution in [-0.2, 0) is 16.7 Å². The molecule has 2 heterocycles. The number of aromatic nitrogens is 3. The van der Waals surface area contributed by atoms with Gasteiger partial charge in [0.15, 0.2) is 11.0 Å². The molecule has 0 bridgehead atoms. The summed E-state index contributed by atoms with van der Waals surface area (Å²) in [5, 5.41) is 4.15. The number of nitrogens with zero attached hydrogens (tertiary/aromatic N) is 3. The van der Waals surface area contributed by atoms with Crippen molar-refractivity contribution >= 4 is 51.4 Å². The highest BCUT2D eigenvalue weighted by atomic mass is 32.2. The summed E-state index contributed by atoms with van der Waals surface area (Å²) in [5.74, 6) is -1.28. The van der Waals surface area contributed by atoms with Crippen molar-refractivity contribution in [2.45, 2.75) is 37.3 Å². The van der Waals surface area contributed by atoms with Crippen LogP contribution in [0.2, 0.25) is 0 Å². The lowest BCUT2D eigenvalue weighted by molar-refractivity contribution is 0.535. The number of aryl methyl sites for hydroxylation is 1. The summed E-state index contributed by atoms with van der Waals surface area (Å²) in [6.07, 6.45) is 3.72. The highest BCUT2D eigenvalue weighted by molar-refractivity contribution is 7.97. The first-order valence-electron chi connectivity index (χ1n) is 13.3. The Morgan fingerprint density at radius 1 is 0.953 bits per heavy atom. The van der Waals surface area contributed by atoms with Gasteiger partial charge in [0, 0.05) is 29.1 Å². The Morgan fingerprint density at radius 2 is 1.72 bits per heavy atom. The number of thioether (sulfide) groups is 1. The molecule has 3 aromatic carbocycles. The second kappa shape index (κ2) is 13.3. The predicted molar refractivity (Wildman–Crippen MR) is 171 cm³/mol. The zero-order chi connectivity index (χ0) is 30.7. The smallest absolute Gasteiger partial charge is 0.227 e. The van der Waals surface area contributed by atoms with Gasteiger partial charge in [0.2, 0.25) is 5.95 Å². The van der Waals surface area contributed by atoms with Crippen LogP contribution in [0, 0.1) is 24.4 Å². The average Bonchev–Trinajstić information content (AvgIpc) is 3.42. The lowest BCUT2D eigenvalue weighted by atomic mass is 10.1. The van der Waals surface area contributed by atoms with E-state index in [0.29, 0.717) is 22.9 Å². The first kappa shape index (κ1) is 30.7. The van der Waals surface area contributed by atoms with Crippen LogP contribution in [0.5, 0.6) is 0 Å². The number of anilines is 3. The Morgan fingerprint density at radius 3 is 2.42 bits per heavy atom. The molecule has 43 heavy (non-hydrogen) atoms. The minimum atomic E-state index is -2.39. The second-order valence-corrected chi connectivity index (χ2v) is 13.0. The quantitative estimate of drug-likeness (QED) is 0.159. The maximum absolute atomic E-state index is 14.8. The van der Waals surface area contributed by atoms with Crippen LogP contribution in [-0.4, -0.2) is 25.4 Å². The average molecular weight is 640 g/mol. The van der Waals surface area contributed by atoms with Crippen molar-refractivity contribution in [1.82, 2.24) is 15.0 Å². The van der Waals surface area contributed by atoms with E-state index in [4.69, 9.17) is 9.97 Å². The van der Waals surface area contributed by atoms with Gasteiger partial charge in [-0.25, -0.2) is 32.3 Å².